The molecule has 3 rings (SSSR count). The molecule has 1 amide bonds. The summed E-state index contributed by atoms with van der Waals surface area (Å²) in [5.41, 5.74) is 0.964. The number of nitrogens with one attached hydrogen (secondary N) is 1. The average Bonchev–Trinajstić information content (AvgIpc) is 2.91. The van der Waals surface area contributed by atoms with Crippen molar-refractivity contribution in [2.75, 3.05) is 7.11 Å². The zero-order chi connectivity index (χ0) is 17.3. The molecule has 0 aliphatic heterocycles. The number of hydrogen-bond donors (Lipinski definition) is 2. The van der Waals surface area contributed by atoms with E-state index in [0.29, 0.717) is 12.8 Å². The predicted octanol–water partition coefficient (Wildman–Crippen LogP) is 3.59. The van der Waals surface area contributed by atoms with Gasteiger partial charge in [-0.1, -0.05) is 0 Å². The average molecular weight is 347 g/mol. The minimum atomic E-state index is -0.728. The van der Waals surface area contributed by atoms with Crippen LogP contribution in [-0.2, 0) is 4.79 Å². The van der Waals surface area contributed by atoms with Gasteiger partial charge in [0.1, 0.15) is 5.75 Å². The van der Waals surface area contributed by atoms with Crippen molar-refractivity contribution < 1.29 is 19.4 Å². The molecule has 0 unspecified atom stereocenters. The second-order valence-electron chi connectivity index (χ2n) is 6.28. The molecule has 24 heavy (non-hydrogen) atoms. The van der Waals surface area contributed by atoms with Crippen molar-refractivity contribution in [2.45, 2.75) is 38.6 Å². The summed E-state index contributed by atoms with van der Waals surface area (Å²) in [5.74, 6) is -0.278. The third-order valence-electron chi connectivity index (χ3n) is 4.76. The number of amides is 1. The molecule has 6 heteroatoms. The first kappa shape index (κ1) is 16.8. The quantitative estimate of drug-likeness (QED) is 0.886. The Bertz CT molecular complexity index is 775. The summed E-state index contributed by atoms with van der Waals surface area (Å²) in [6, 6.07) is 5.89. The van der Waals surface area contributed by atoms with Gasteiger partial charge in [0.05, 0.1) is 17.9 Å². The maximum absolute atomic E-state index is 12.6. The topological polar surface area (TPSA) is 75.6 Å². The lowest BCUT2D eigenvalue weighted by molar-refractivity contribution is -0.142. The van der Waals surface area contributed by atoms with E-state index in [1.165, 1.54) is 11.3 Å². The molecule has 0 radical (unpaired) electrons. The van der Waals surface area contributed by atoms with E-state index in [0.717, 1.165) is 39.1 Å². The van der Waals surface area contributed by atoms with Crippen LogP contribution in [0.15, 0.2) is 18.2 Å². The smallest absolute Gasteiger partial charge is 0.306 e. The van der Waals surface area contributed by atoms with Crippen LogP contribution < -0.4 is 10.1 Å². The number of benzene rings is 1. The van der Waals surface area contributed by atoms with Gasteiger partial charge >= 0.3 is 5.97 Å². The molecule has 128 valence electrons. The Hall–Kier alpha value is -2.08. The number of carboxylic acids is 1. The molecular formula is C18H21NO4S. The van der Waals surface area contributed by atoms with E-state index in [9.17, 15) is 9.59 Å². The maximum atomic E-state index is 12.6. The van der Waals surface area contributed by atoms with Crippen LogP contribution >= 0.6 is 11.3 Å². The minimum absolute atomic E-state index is 0.0623. The lowest BCUT2D eigenvalue weighted by atomic mass is 9.86. The highest BCUT2D eigenvalue weighted by Gasteiger charge is 2.27. The molecular weight excluding hydrogens is 326 g/mol. The third-order valence-corrected chi connectivity index (χ3v) is 6.03. The Balaban J connectivity index is 1.73. The van der Waals surface area contributed by atoms with Crippen LogP contribution in [0.25, 0.3) is 10.1 Å². The zero-order valence-electron chi connectivity index (χ0n) is 13.8. The molecule has 1 aliphatic carbocycles. The molecule has 0 bridgehead atoms. The van der Waals surface area contributed by atoms with Crippen LogP contribution in [0.1, 0.15) is 40.9 Å². The highest BCUT2D eigenvalue weighted by Crippen LogP contribution is 2.33. The van der Waals surface area contributed by atoms with Crippen molar-refractivity contribution in [3.05, 3.63) is 28.6 Å². The van der Waals surface area contributed by atoms with Gasteiger partial charge in [-0.25, -0.2) is 0 Å². The van der Waals surface area contributed by atoms with Gasteiger partial charge in [-0.15, -0.1) is 11.3 Å². The Morgan fingerprint density at radius 2 is 1.96 bits per heavy atom. The van der Waals surface area contributed by atoms with Crippen molar-refractivity contribution in [1.82, 2.24) is 5.32 Å². The molecule has 1 fully saturated rings. The second kappa shape index (κ2) is 6.81. The van der Waals surface area contributed by atoms with Gasteiger partial charge in [-0.05, 0) is 61.8 Å². The number of ether oxygens (including phenoxy) is 1. The van der Waals surface area contributed by atoms with Gasteiger partial charge < -0.3 is 15.2 Å². The summed E-state index contributed by atoms with van der Waals surface area (Å²) in [5, 5.41) is 13.2. The fraction of sp³-hybridized carbons (Fsp3) is 0.444. The Morgan fingerprint density at radius 1 is 1.25 bits per heavy atom. The number of carboxylic acid groups (broad SMARTS) is 1. The standard InChI is InChI=1S/C18H21NO4S/c1-10-14-9-13(23-2)7-8-15(14)24-16(10)17(20)19-12-5-3-11(4-6-12)18(21)22/h7-9,11-12H,3-6H2,1-2H3,(H,19,20)(H,21,22). The van der Waals surface area contributed by atoms with Crippen molar-refractivity contribution >= 4 is 33.3 Å². The molecule has 0 atom stereocenters. The molecule has 1 saturated carbocycles. The van der Waals surface area contributed by atoms with Crippen molar-refractivity contribution in [3.63, 3.8) is 0 Å². The van der Waals surface area contributed by atoms with E-state index in [2.05, 4.69) is 5.32 Å². The lowest BCUT2D eigenvalue weighted by Gasteiger charge is -2.26. The lowest BCUT2D eigenvalue weighted by Crippen LogP contribution is -2.38. The van der Waals surface area contributed by atoms with Crippen LogP contribution in [0.2, 0.25) is 0 Å². The van der Waals surface area contributed by atoms with Crippen LogP contribution in [0.3, 0.4) is 0 Å². The van der Waals surface area contributed by atoms with Gasteiger partial charge in [0.2, 0.25) is 0 Å². The molecule has 5 nitrogen and oxygen atoms in total. The number of aryl methyl sites for hydroxylation is 1. The summed E-state index contributed by atoms with van der Waals surface area (Å²) < 4.78 is 6.32. The van der Waals surface area contributed by atoms with E-state index < -0.39 is 5.97 Å². The number of methoxy groups -OCH3 is 1. The van der Waals surface area contributed by atoms with Crippen molar-refractivity contribution in [3.8, 4) is 5.75 Å². The molecule has 1 aromatic carbocycles. The van der Waals surface area contributed by atoms with E-state index in [1.807, 2.05) is 25.1 Å². The van der Waals surface area contributed by atoms with Gasteiger partial charge in [-0.3, -0.25) is 9.59 Å². The summed E-state index contributed by atoms with van der Waals surface area (Å²) in [6.45, 7) is 1.95. The van der Waals surface area contributed by atoms with E-state index >= 15 is 0 Å². The molecule has 2 aromatic rings. The molecule has 0 spiro atoms. The zero-order valence-corrected chi connectivity index (χ0v) is 14.6. The minimum Gasteiger partial charge on any atom is -0.497 e. The van der Waals surface area contributed by atoms with E-state index in [1.54, 1.807) is 7.11 Å². The number of thiophene rings is 1. The largest absolute Gasteiger partial charge is 0.497 e. The molecule has 1 aliphatic rings. The Morgan fingerprint density at radius 3 is 2.58 bits per heavy atom. The van der Waals surface area contributed by atoms with Gasteiger partial charge in [0.25, 0.3) is 5.91 Å². The van der Waals surface area contributed by atoms with Gasteiger partial charge in [0, 0.05) is 10.7 Å². The number of hydrogen-bond acceptors (Lipinski definition) is 4. The Kier molecular flexibility index (Phi) is 4.76. The van der Waals surface area contributed by atoms with E-state index in [4.69, 9.17) is 9.84 Å². The number of carbonyl (C=O) groups is 2. The molecule has 0 saturated heterocycles. The first-order valence-corrected chi connectivity index (χ1v) is 8.92. The van der Waals surface area contributed by atoms with Crippen LogP contribution in [0.5, 0.6) is 5.75 Å². The van der Waals surface area contributed by atoms with Crippen LogP contribution in [0.4, 0.5) is 0 Å². The van der Waals surface area contributed by atoms with Crippen LogP contribution in [-0.4, -0.2) is 30.1 Å². The molecule has 2 N–H and O–H groups in total. The van der Waals surface area contributed by atoms with Gasteiger partial charge in [-0.2, -0.15) is 0 Å². The summed E-state index contributed by atoms with van der Waals surface area (Å²) >= 11 is 1.48. The number of aliphatic carboxylic acids is 1. The van der Waals surface area contributed by atoms with Crippen molar-refractivity contribution in [1.29, 1.82) is 0 Å². The monoisotopic (exact) mass is 347 g/mol. The second-order valence-corrected chi connectivity index (χ2v) is 7.33. The summed E-state index contributed by atoms with van der Waals surface area (Å²) in [6.07, 6.45) is 2.70. The number of rotatable bonds is 4. The fourth-order valence-electron chi connectivity index (χ4n) is 3.28. The number of carbonyl (C=O) groups excluding carboxylic acids is 1. The maximum Gasteiger partial charge on any atom is 0.306 e. The van der Waals surface area contributed by atoms with Crippen molar-refractivity contribution in [2.24, 2.45) is 5.92 Å². The highest BCUT2D eigenvalue weighted by molar-refractivity contribution is 7.21. The third kappa shape index (κ3) is 3.24. The van der Waals surface area contributed by atoms with E-state index in [-0.39, 0.29) is 17.9 Å². The fourth-order valence-corrected chi connectivity index (χ4v) is 4.37. The van der Waals surface area contributed by atoms with Gasteiger partial charge in [0.15, 0.2) is 0 Å². The Labute approximate surface area is 144 Å². The SMILES string of the molecule is COc1ccc2sc(C(=O)NC3CCC(C(=O)O)CC3)c(C)c2c1. The number of fused-ring (bicyclic) bond motifs is 1. The first-order chi connectivity index (χ1) is 11.5. The normalized spacial score (nSPS) is 20.8. The predicted molar refractivity (Wildman–Crippen MR) is 94.0 cm³/mol. The highest BCUT2D eigenvalue weighted by atomic mass is 32.1. The summed E-state index contributed by atoms with van der Waals surface area (Å²) in [4.78, 5) is 24.4. The van der Waals surface area contributed by atoms with Crippen LogP contribution in [0, 0.1) is 12.8 Å². The molecule has 1 heterocycles. The molecule has 1 aromatic heterocycles. The summed E-state index contributed by atoms with van der Waals surface area (Å²) in [7, 11) is 1.63. The first-order valence-electron chi connectivity index (χ1n) is 8.10.